The Kier molecular flexibility index (Phi) is 7.01. The molecule has 3 nitrogen and oxygen atoms in total. The molecule has 1 rings (SSSR count). The van der Waals surface area contributed by atoms with Crippen LogP contribution in [0.25, 0.3) is 0 Å². The molecular weight excluding hydrogens is 230 g/mol. The minimum absolute atomic E-state index is 0.912. The number of aryl methyl sites for hydroxylation is 1. The van der Waals surface area contributed by atoms with Crippen molar-refractivity contribution in [2.24, 2.45) is 0 Å². The highest BCUT2D eigenvalue weighted by Gasteiger charge is 2.04. The predicted octanol–water partition coefficient (Wildman–Crippen LogP) is 3.50. The molecule has 0 bridgehead atoms. The molecule has 0 aromatic carbocycles. The van der Waals surface area contributed by atoms with E-state index in [0.29, 0.717) is 0 Å². The van der Waals surface area contributed by atoms with Gasteiger partial charge in [0.15, 0.2) is 0 Å². The molecule has 1 aromatic rings. The SMILES string of the molecule is CCCNc1cc(CCC)nc(CSCC)n1. The monoisotopic (exact) mass is 253 g/mol. The average molecular weight is 253 g/mol. The van der Waals surface area contributed by atoms with Crippen LogP contribution >= 0.6 is 11.8 Å². The normalized spacial score (nSPS) is 10.5. The Balaban J connectivity index is 2.76. The number of aromatic nitrogens is 2. The van der Waals surface area contributed by atoms with Crippen LogP contribution < -0.4 is 5.32 Å². The van der Waals surface area contributed by atoms with E-state index in [4.69, 9.17) is 0 Å². The second kappa shape index (κ2) is 8.34. The van der Waals surface area contributed by atoms with Gasteiger partial charge in [-0.25, -0.2) is 9.97 Å². The third kappa shape index (κ3) is 5.39. The summed E-state index contributed by atoms with van der Waals surface area (Å²) in [4.78, 5) is 9.14. The fourth-order valence-corrected chi connectivity index (χ4v) is 2.05. The highest BCUT2D eigenvalue weighted by Crippen LogP contribution is 2.13. The Hall–Kier alpha value is -0.770. The van der Waals surface area contributed by atoms with Crippen LogP contribution in [-0.4, -0.2) is 22.3 Å². The maximum atomic E-state index is 4.60. The molecule has 0 spiro atoms. The molecule has 4 heteroatoms. The molecule has 0 unspecified atom stereocenters. The topological polar surface area (TPSA) is 37.8 Å². The molecule has 96 valence electrons. The van der Waals surface area contributed by atoms with Gasteiger partial charge in [-0.3, -0.25) is 0 Å². The third-order valence-corrected chi connectivity index (χ3v) is 3.19. The Labute approximate surface area is 109 Å². The molecule has 0 aliphatic rings. The van der Waals surface area contributed by atoms with Crippen molar-refractivity contribution in [3.05, 3.63) is 17.6 Å². The number of thioether (sulfide) groups is 1. The van der Waals surface area contributed by atoms with Gasteiger partial charge in [0.1, 0.15) is 11.6 Å². The van der Waals surface area contributed by atoms with Crippen molar-refractivity contribution in [1.82, 2.24) is 9.97 Å². The van der Waals surface area contributed by atoms with Crippen LogP contribution in [0, 0.1) is 0 Å². The smallest absolute Gasteiger partial charge is 0.140 e. The number of nitrogens with zero attached hydrogens (tertiary/aromatic N) is 2. The third-order valence-electron chi connectivity index (χ3n) is 2.32. The summed E-state index contributed by atoms with van der Waals surface area (Å²) < 4.78 is 0. The summed E-state index contributed by atoms with van der Waals surface area (Å²) in [6, 6.07) is 2.08. The van der Waals surface area contributed by atoms with Gasteiger partial charge in [-0.1, -0.05) is 27.2 Å². The number of hydrogen-bond donors (Lipinski definition) is 1. The molecule has 0 saturated carbocycles. The van der Waals surface area contributed by atoms with E-state index >= 15 is 0 Å². The Bertz CT molecular complexity index is 302. The van der Waals surface area contributed by atoms with Crippen LogP contribution in [0.2, 0.25) is 0 Å². The zero-order valence-electron chi connectivity index (χ0n) is 11.1. The lowest BCUT2D eigenvalue weighted by molar-refractivity contribution is 0.850. The summed E-state index contributed by atoms with van der Waals surface area (Å²) in [6.07, 6.45) is 3.28. The van der Waals surface area contributed by atoms with E-state index in [2.05, 4.69) is 42.1 Å². The first-order valence-corrected chi connectivity index (χ1v) is 7.64. The van der Waals surface area contributed by atoms with Crippen molar-refractivity contribution in [1.29, 1.82) is 0 Å². The number of anilines is 1. The lowest BCUT2D eigenvalue weighted by atomic mass is 10.2. The maximum absolute atomic E-state index is 4.60. The van der Waals surface area contributed by atoms with Crippen molar-refractivity contribution in [2.45, 2.75) is 45.8 Å². The van der Waals surface area contributed by atoms with Crippen LogP contribution in [0.4, 0.5) is 5.82 Å². The van der Waals surface area contributed by atoms with Crippen LogP contribution in [0.5, 0.6) is 0 Å². The van der Waals surface area contributed by atoms with Gasteiger partial charge in [-0.05, 0) is 18.6 Å². The Morgan fingerprint density at radius 1 is 1.18 bits per heavy atom. The summed E-state index contributed by atoms with van der Waals surface area (Å²) in [6.45, 7) is 7.48. The van der Waals surface area contributed by atoms with E-state index in [0.717, 1.165) is 54.6 Å². The molecule has 0 amide bonds. The van der Waals surface area contributed by atoms with Crippen molar-refractivity contribution in [3.8, 4) is 0 Å². The summed E-state index contributed by atoms with van der Waals surface area (Å²) in [5.41, 5.74) is 1.16. The fourth-order valence-electron chi connectivity index (χ4n) is 1.54. The Morgan fingerprint density at radius 2 is 2.00 bits per heavy atom. The molecule has 0 atom stereocenters. The molecule has 0 saturated heterocycles. The van der Waals surface area contributed by atoms with Gasteiger partial charge in [0, 0.05) is 18.3 Å². The van der Waals surface area contributed by atoms with Gasteiger partial charge < -0.3 is 5.32 Å². The van der Waals surface area contributed by atoms with Crippen LogP contribution in [0.1, 0.15) is 45.1 Å². The quantitative estimate of drug-likeness (QED) is 0.769. The first-order valence-electron chi connectivity index (χ1n) is 6.48. The second-order valence-electron chi connectivity index (χ2n) is 3.97. The Morgan fingerprint density at radius 3 is 2.65 bits per heavy atom. The van der Waals surface area contributed by atoms with Gasteiger partial charge >= 0.3 is 0 Å². The van der Waals surface area contributed by atoms with E-state index in [9.17, 15) is 0 Å². The van der Waals surface area contributed by atoms with Gasteiger partial charge in [-0.2, -0.15) is 11.8 Å². The lowest BCUT2D eigenvalue weighted by Crippen LogP contribution is -2.07. The van der Waals surface area contributed by atoms with E-state index in [1.54, 1.807) is 0 Å². The standard InChI is InChI=1S/C13H23N3S/c1-4-7-11-9-12(14-8-5-2)16-13(15-11)10-17-6-3/h9H,4-8,10H2,1-3H3,(H,14,15,16). The molecule has 1 heterocycles. The minimum atomic E-state index is 0.912. The maximum Gasteiger partial charge on any atom is 0.140 e. The van der Waals surface area contributed by atoms with Crippen molar-refractivity contribution in [3.63, 3.8) is 0 Å². The molecule has 17 heavy (non-hydrogen) atoms. The minimum Gasteiger partial charge on any atom is -0.370 e. The van der Waals surface area contributed by atoms with E-state index < -0.39 is 0 Å². The van der Waals surface area contributed by atoms with Gasteiger partial charge in [0.2, 0.25) is 0 Å². The highest BCUT2D eigenvalue weighted by molar-refractivity contribution is 7.98. The predicted molar refractivity (Wildman–Crippen MR) is 76.6 cm³/mol. The van der Waals surface area contributed by atoms with Crippen molar-refractivity contribution in [2.75, 3.05) is 17.6 Å². The average Bonchev–Trinajstić information content (AvgIpc) is 2.34. The molecule has 0 aliphatic heterocycles. The van der Waals surface area contributed by atoms with Crippen molar-refractivity contribution >= 4 is 17.6 Å². The molecule has 1 N–H and O–H groups in total. The van der Waals surface area contributed by atoms with Crippen LogP contribution in [0.15, 0.2) is 6.07 Å². The van der Waals surface area contributed by atoms with Crippen LogP contribution in [-0.2, 0) is 12.2 Å². The van der Waals surface area contributed by atoms with Crippen LogP contribution in [0.3, 0.4) is 0 Å². The van der Waals surface area contributed by atoms with E-state index in [-0.39, 0.29) is 0 Å². The zero-order valence-corrected chi connectivity index (χ0v) is 11.9. The zero-order chi connectivity index (χ0) is 12.5. The van der Waals surface area contributed by atoms with Gasteiger partial charge in [0.25, 0.3) is 0 Å². The number of nitrogens with one attached hydrogen (secondary N) is 1. The highest BCUT2D eigenvalue weighted by atomic mass is 32.2. The molecule has 1 aromatic heterocycles. The molecule has 0 fully saturated rings. The summed E-state index contributed by atoms with van der Waals surface area (Å²) in [7, 11) is 0. The summed E-state index contributed by atoms with van der Waals surface area (Å²) in [5.74, 6) is 3.96. The second-order valence-corrected chi connectivity index (χ2v) is 5.25. The first kappa shape index (κ1) is 14.3. The van der Waals surface area contributed by atoms with Gasteiger partial charge in [0.05, 0.1) is 5.75 Å². The lowest BCUT2D eigenvalue weighted by Gasteiger charge is -2.08. The van der Waals surface area contributed by atoms with Gasteiger partial charge in [-0.15, -0.1) is 0 Å². The van der Waals surface area contributed by atoms with E-state index in [1.165, 1.54) is 0 Å². The van der Waals surface area contributed by atoms with E-state index in [1.807, 2.05) is 11.8 Å². The van der Waals surface area contributed by atoms with Crippen molar-refractivity contribution < 1.29 is 0 Å². The summed E-state index contributed by atoms with van der Waals surface area (Å²) in [5, 5.41) is 3.35. The molecule has 0 aliphatic carbocycles. The fraction of sp³-hybridized carbons (Fsp3) is 0.692. The molecule has 0 radical (unpaired) electrons. The number of hydrogen-bond acceptors (Lipinski definition) is 4. The molecular formula is C13H23N3S. The first-order chi connectivity index (χ1) is 8.30. The number of rotatable bonds is 8. The summed E-state index contributed by atoms with van der Waals surface area (Å²) >= 11 is 1.87. The largest absolute Gasteiger partial charge is 0.370 e.